The summed E-state index contributed by atoms with van der Waals surface area (Å²) in [4.78, 5) is 25.6. The van der Waals surface area contributed by atoms with Gasteiger partial charge in [0.1, 0.15) is 11.2 Å². The van der Waals surface area contributed by atoms with Crippen LogP contribution in [0.2, 0.25) is 0 Å². The van der Waals surface area contributed by atoms with Gasteiger partial charge < -0.3 is 24.6 Å². The van der Waals surface area contributed by atoms with Crippen molar-refractivity contribution in [2.45, 2.75) is 19.3 Å². The van der Waals surface area contributed by atoms with Crippen molar-refractivity contribution in [3.8, 4) is 11.3 Å². The van der Waals surface area contributed by atoms with Gasteiger partial charge in [-0.1, -0.05) is 12.1 Å². The second-order valence-electron chi connectivity index (χ2n) is 8.53. The fraction of sp³-hybridized carbons (Fsp3) is 0.111. The molecule has 3 aromatic carbocycles. The molecule has 8 nitrogen and oxygen atoms in total. The monoisotopic (exact) mass is 467 g/mol. The van der Waals surface area contributed by atoms with Crippen molar-refractivity contribution in [3.05, 3.63) is 99.0 Å². The van der Waals surface area contributed by atoms with Gasteiger partial charge in [-0.15, -0.1) is 0 Å². The largest absolute Gasteiger partial charge is 0.733 e. The summed E-state index contributed by atoms with van der Waals surface area (Å²) in [7, 11) is 0. The number of hydrogen-bond acceptors (Lipinski definition) is 7. The number of hydrogen-bond donors (Lipinski definition) is 2. The molecule has 35 heavy (non-hydrogen) atoms. The molecule has 0 unspecified atom stereocenters. The lowest BCUT2D eigenvalue weighted by Crippen LogP contribution is -2.13. The van der Waals surface area contributed by atoms with Crippen molar-refractivity contribution in [2.24, 2.45) is 0 Å². The zero-order chi connectivity index (χ0) is 24.1. The molecule has 2 aromatic heterocycles. The number of furan rings is 1. The Morgan fingerprint density at radius 3 is 2.43 bits per heavy atom. The van der Waals surface area contributed by atoms with Gasteiger partial charge in [0.15, 0.2) is 5.76 Å². The highest BCUT2D eigenvalue weighted by Crippen LogP contribution is 2.41. The van der Waals surface area contributed by atoms with E-state index >= 15 is 0 Å². The molecule has 2 heterocycles. The van der Waals surface area contributed by atoms with E-state index in [1.807, 2.05) is 30.3 Å². The highest BCUT2D eigenvalue weighted by Gasteiger charge is 2.23. The lowest BCUT2D eigenvalue weighted by molar-refractivity contribution is 0.102. The van der Waals surface area contributed by atoms with E-state index < -0.39 is 11.5 Å². The number of nitrogens with one attached hydrogen (secondary N) is 1. The number of rotatable bonds is 4. The van der Waals surface area contributed by atoms with Gasteiger partial charge in [0.25, 0.3) is 5.91 Å². The van der Waals surface area contributed by atoms with E-state index in [0.29, 0.717) is 33.6 Å². The second kappa shape index (κ2) is 8.12. The van der Waals surface area contributed by atoms with Gasteiger partial charge >= 0.3 is 5.63 Å². The second-order valence-corrected chi connectivity index (χ2v) is 8.53. The standard InChI is InChI=1S/C27H19N2O6/c30-24-14-21(20-12-16-4-3-5-17(16)13-23(20)34-24)26-25(19-6-1-2-7-22(19)35-26)28-27(31)15-8-10-18(11-9-15)29(32)33/h1-2,6-14,32H,3-5H2,(H,28,31)/q-1. The first-order chi connectivity index (χ1) is 17.0. The van der Waals surface area contributed by atoms with Crippen LogP contribution in [0.25, 0.3) is 33.3 Å². The van der Waals surface area contributed by atoms with Gasteiger partial charge in [0.05, 0.1) is 11.4 Å². The molecule has 1 amide bonds. The Bertz CT molecular complexity index is 1660. The maximum absolute atomic E-state index is 13.1. The summed E-state index contributed by atoms with van der Waals surface area (Å²) in [6.07, 6.45) is 2.96. The van der Waals surface area contributed by atoms with Crippen molar-refractivity contribution in [1.29, 1.82) is 0 Å². The third kappa shape index (κ3) is 3.65. The fourth-order valence-corrected chi connectivity index (χ4v) is 4.70. The molecule has 0 bridgehead atoms. The third-order valence-electron chi connectivity index (χ3n) is 6.39. The van der Waals surface area contributed by atoms with Crippen LogP contribution in [0.1, 0.15) is 27.9 Å². The highest BCUT2D eigenvalue weighted by molar-refractivity contribution is 6.13. The van der Waals surface area contributed by atoms with E-state index in [1.165, 1.54) is 41.5 Å². The topological polar surface area (TPSA) is 119 Å². The Kier molecular flexibility index (Phi) is 4.91. The first kappa shape index (κ1) is 21.2. The van der Waals surface area contributed by atoms with Gasteiger partial charge in [-0.25, -0.2) is 4.79 Å². The molecule has 0 aliphatic heterocycles. The third-order valence-corrected chi connectivity index (χ3v) is 6.39. The molecule has 0 fully saturated rings. The average molecular weight is 467 g/mol. The summed E-state index contributed by atoms with van der Waals surface area (Å²) in [5.41, 5.74) is 4.16. The van der Waals surface area contributed by atoms with E-state index in [0.717, 1.165) is 24.6 Å². The van der Waals surface area contributed by atoms with Crippen LogP contribution in [0.4, 0.5) is 11.4 Å². The first-order valence-corrected chi connectivity index (χ1v) is 11.2. The molecule has 0 spiro atoms. The van der Waals surface area contributed by atoms with Gasteiger partial charge in [0.2, 0.25) is 0 Å². The summed E-state index contributed by atoms with van der Waals surface area (Å²) in [5, 5.41) is 24.2. The molecule has 1 aliphatic carbocycles. The number of carbonyl (C=O) groups excluding carboxylic acids is 1. The van der Waals surface area contributed by atoms with Crippen molar-refractivity contribution in [2.75, 3.05) is 10.5 Å². The summed E-state index contributed by atoms with van der Waals surface area (Å²) >= 11 is 0. The Hall–Kier alpha value is -4.40. The molecular weight excluding hydrogens is 448 g/mol. The molecule has 0 saturated heterocycles. The zero-order valence-corrected chi connectivity index (χ0v) is 18.4. The molecule has 2 N–H and O–H groups in total. The quantitative estimate of drug-likeness (QED) is 0.259. The number of benzene rings is 3. The molecule has 0 saturated carbocycles. The van der Waals surface area contributed by atoms with Crippen molar-refractivity contribution in [3.63, 3.8) is 0 Å². The summed E-state index contributed by atoms with van der Waals surface area (Å²) in [5.74, 6) is -0.0824. The molecule has 0 atom stereocenters. The van der Waals surface area contributed by atoms with E-state index in [4.69, 9.17) is 14.0 Å². The van der Waals surface area contributed by atoms with Crippen molar-refractivity contribution < 1.29 is 18.8 Å². The number of para-hydroxylation sites is 1. The van der Waals surface area contributed by atoms with E-state index in [-0.39, 0.29) is 16.5 Å². The van der Waals surface area contributed by atoms with Crippen molar-refractivity contribution >= 4 is 39.2 Å². The molecule has 174 valence electrons. The summed E-state index contributed by atoms with van der Waals surface area (Å²) in [6, 6.07) is 18.2. The zero-order valence-electron chi connectivity index (χ0n) is 18.4. The van der Waals surface area contributed by atoms with Crippen LogP contribution in [0.15, 0.2) is 80.4 Å². The normalized spacial score (nSPS) is 12.7. The summed E-state index contributed by atoms with van der Waals surface area (Å²) < 4.78 is 11.7. The number of anilines is 2. The number of fused-ring (bicyclic) bond motifs is 3. The number of amides is 1. The van der Waals surface area contributed by atoms with Crippen LogP contribution in [-0.4, -0.2) is 11.1 Å². The molecule has 1 aliphatic rings. The Morgan fingerprint density at radius 2 is 1.66 bits per heavy atom. The van der Waals surface area contributed by atoms with Crippen LogP contribution in [0.5, 0.6) is 0 Å². The molecule has 5 aromatic rings. The smallest absolute Gasteiger partial charge is 0.336 e. The van der Waals surface area contributed by atoms with Crippen LogP contribution in [-0.2, 0) is 12.8 Å². The predicted octanol–water partition coefficient (Wildman–Crippen LogP) is 5.64. The predicted molar refractivity (Wildman–Crippen MR) is 132 cm³/mol. The minimum absolute atomic E-state index is 0.00557. The van der Waals surface area contributed by atoms with Gasteiger partial charge in [0, 0.05) is 28.0 Å². The lowest BCUT2D eigenvalue weighted by Gasteiger charge is -2.21. The van der Waals surface area contributed by atoms with Gasteiger partial charge in [-0.05, 0) is 78.9 Å². The van der Waals surface area contributed by atoms with E-state index in [1.54, 1.807) is 6.07 Å². The SMILES string of the molecule is O=C(Nc1c(-c2cc(=O)oc3cc4c(cc23)CCC4)oc2ccccc12)c1ccc(N([O-])O)cc1. The highest BCUT2D eigenvalue weighted by atomic mass is 16.8. The Balaban J connectivity index is 1.51. The minimum Gasteiger partial charge on any atom is -0.733 e. The van der Waals surface area contributed by atoms with Crippen LogP contribution < -0.4 is 16.2 Å². The van der Waals surface area contributed by atoms with Crippen LogP contribution in [0, 0.1) is 5.21 Å². The van der Waals surface area contributed by atoms with Gasteiger partial charge in [-0.2, -0.15) is 0 Å². The maximum atomic E-state index is 13.1. The molecule has 8 heteroatoms. The maximum Gasteiger partial charge on any atom is 0.336 e. The van der Waals surface area contributed by atoms with Gasteiger partial charge in [-0.3, -0.25) is 10.0 Å². The Labute approximate surface area is 198 Å². The minimum atomic E-state index is -0.509. The van der Waals surface area contributed by atoms with Crippen LogP contribution >= 0.6 is 0 Å². The fourth-order valence-electron chi connectivity index (χ4n) is 4.70. The summed E-state index contributed by atoms with van der Waals surface area (Å²) in [6.45, 7) is 0. The van der Waals surface area contributed by atoms with E-state index in [9.17, 15) is 14.8 Å². The van der Waals surface area contributed by atoms with Crippen LogP contribution in [0.3, 0.4) is 0 Å². The van der Waals surface area contributed by atoms with E-state index in [2.05, 4.69) is 5.32 Å². The lowest BCUT2D eigenvalue weighted by atomic mass is 10.0. The Morgan fingerprint density at radius 1 is 0.914 bits per heavy atom. The molecule has 0 radical (unpaired) electrons. The average Bonchev–Trinajstić information content (AvgIpc) is 3.46. The van der Waals surface area contributed by atoms with Crippen molar-refractivity contribution in [1.82, 2.24) is 0 Å². The number of nitrogens with zero attached hydrogens (tertiary/aromatic N) is 1. The molecule has 6 rings (SSSR count). The number of aryl methyl sites for hydroxylation is 2. The first-order valence-electron chi connectivity index (χ1n) is 11.2. The molecular formula is C27H19N2O6-. The number of carbonyl (C=O) groups is 1.